The molecule has 0 aromatic rings. The van der Waals surface area contributed by atoms with Crippen molar-refractivity contribution < 1.29 is 0 Å². The van der Waals surface area contributed by atoms with Crippen molar-refractivity contribution >= 4 is 23.2 Å². The van der Waals surface area contributed by atoms with Crippen LogP contribution in [0.2, 0.25) is 0 Å². The summed E-state index contributed by atoms with van der Waals surface area (Å²) < 4.78 is 0. The first-order chi connectivity index (χ1) is 14.0. The molecular formula is C28H44Cl2. The van der Waals surface area contributed by atoms with Crippen molar-refractivity contribution in [3.05, 3.63) is 0 Å². The maximum absolute atomic E-state index is 7.64. The largest absolute Gasteiger partial charge is 0.119 e. The second-order valence-corrected chi connectivity index (χ2v) is 16.0. The van der Waals surface area contributed by atoms with E-state index < -0.39 is 0 Å². The normalized spacial score (nSPS) is 63.0. The Bertz CT molecular complexity index is 663. The fraction of sp³-hybridized carbons (Fsp3) is 1.00. The Morgan fingerprint density at radius 3 is 0.900 bits per heavy atom. The number of hydrogen-bond acceptors (Lipinski definition) is 0. The molecule has 170 valence electrons. The van der Waals surface area contributed by atoms with Crippen molar-refractivity contribution in [1.29, 1.82) is 0 Å². The lowest BCUT2D eigenvalue weighted by molar-refractivity contribution is -0.267. The minimum absolute atomic E-state index is 0.0718. The van der Waals surface area contributed by atoms with Gasteiger partial charge in [0.25, 0.3) is 0 Å². The van der Waals surface area contributed by atoms with Crippen LogP contribution in [-0.4, -0.2) is 9.75 Å². The molecule has 4 unspecified atom stereocenters. The third kappa shape index (κ3) is 2.48. The van der Waals surface area contributed by atoms with E-state index in [9.17, 15) is 0 Å². The van der Waals surface area contributed by atoms with Crippen LogP contribution >= 0.6 is 23.2 Å². The van der Waals surface area contributed by atoms with Crippen molar-refractivity contribution in [2.24, 2.45) is 32.5 Å². The van der Waals surface area contributed by atoms with Crippen LogP contribution in [0.4, 0.5) is 0 Å². The first-order valence-electron chi connectivity index (χ1n) is 13.4. The molecule has 0 heterocycles. The van der Waals surface area contributed by atoms with Crippen molar-refractivity contribution in [2.45, 2.75) is 140 Å². The third-order valence-corrected chi connectivity index (χ3v) is 13.4. The summed E-state index contributed by atoms with van der Waals surface area (Å²) in [7, 11) is 0. The summed E-state index contributed by atoms with van der Waals surface area (Å²) in [6, 6.07) is 0. The highest BCUT2D eigenvalue weighted by atomic mass is 35.5. The van der Waals surface area contributed by atoms with E-state index in [4.69, 9.17) is 23.2 Å². The van der Waals surface area contributed by atoms with Gasteiger partial charge in [0.15, 0.2) is 0 Å². The summed E-state index contributed by atoms with van der Waals surface area (Å²) in [5.41, 5.74) is 2.94. The fourth-order valence-electron chi connectivity index (χ4n) is 12.5. The van der Waals surface area contributed by atoms with Gasteiger partial charge in [-0.15, -0.1) is 23.2 Å². The molecule has 8 saturated carbocycles. The molecule has 0 N–H and O–H groups in total. The topological polar surface area (TPSA) is 0 Å². The SMILES string of the molecule is CCC12CC3(Cl)CC(CC)(C1)CC(C14CC5(Cl)CC(CC)(CC(CC)(C5)C1)C4)(C3)C2. The molecule has 8 aliphatic carbocycles. The molecule has 0 radical (unpaired) electrons. The highest BCUT2D eigenvalue weighted by molar-refractivity contribution is 6.24. The molecular weight excluding hydrogens is 407 g/mol. The van der Waals surface area contributed by atoms with Crippen molar-refractivity contribution in [3.63, 3.8) is 0 Å². The third-order valence-electron chi connectivity index (χ3n) is 12.6. The van der Waals surface area contributed by atoms with Gasteiger partial charge in [0.05, 0.1) is 0 Å². The second-order valence-electron chi connectivity index (χ2n) is 14.4. The molecule has 8 aliphatic rings. The Morgan fingerprint density at radius 2 is 0.667 bits per heavy atom. The fourth-order valence-corrected chi connectivity index (χ4v) is 14.1. The van der Waals surface area contributed by atoms with E-state index in [0.717, 1.165) is 0 Å². The number of alkyl halides is 2. The van der Waals surface area contributed by atoms with Crippen molar-refractivity contribution in [1.82, 2.24) is 0 Å². The molecule has 8 rings (SSSR count). The van der Waals surface area contributed by atoms with Gasteiger partial charge < -0.3 is 0 Å². The quantitative estimate of drug-likeness (QED) is 0.365. The Kier molecular flexibility index (Phi) is 4.08. The second kappa shape index (κ2) is 5.79. The van der Waals surface area contributed by atoms with E-state index in [1.54, 1.807) is 0 Å². The monoisotopic (exact) mass is 450 g/mol. The molecule has 0 aliphatic heterocycles. The molecule has 2 heteroatoms. The molecule has 0 nitrogen and oxygen atoms in total. The van der Waals surface area contributed by atoms with Gasteiger partial charge in [0.1, 0.15) is 0 Å². The van der Waals surface area contributed by atoms with Gasteiger partial charge in [-0.2, -0.15) is 0 Å². The Hall–Kier alpha value is 0.580. The van der Waals surface area contributed by atoms with E-state index >= 15 is 0 Å². The minimum atomic E-state index is 0.0718. The van der Waals surface area contributed by atoms with Gasteiger partial charge in [-0.3, -0.25) is 0 Å². The lowest BCUT2D eigenvalue weighted by Gasteiger charge is -2.79. The number of halogens is 2. The molecule has 0 aromatic heterocycles. The molecule has 0 amide bonds. The van der Waals surface area contributed by atoms with E-state index in [1.165, 1.54) is 103 Å². The predicted molar refractivity (Wildman–Crippen MR) is 128 cm³/mol. The van der Waals surface area contributed by atoms with Crippen LogP contribution in [0.1, 0.15) is 130 Å². The summed E-state index contributed by atoms with van der Waals surface area (Å²) in [5.74, 6) is 0. The van der Waals surface area contributed by atoms with Crippen LogP contribution in [0.15, 0.2) is 0 Å². The zero-order chi connectivity index (χ0) is 21.3. The molecule has 8 bridgehead atoms. The van der Waals surface area contributed by atoms with Gasteiger partial charge >= 0.3 is 0 Å². The zero-order valence-corrected chi connectivity index (χ0v) is 21.6. The lowest BCUT2D eigenvalue weighted by Crippen LogP contribution is -2.72. The smallest absolute Gasteiger partial charge is 0.0463 e. The first kappa shape index (κ1) is 21.1. The zero-order valence-electron chi connectivity index (χ0n) is 20.1. The maximum Gasteiger partial charge on any atom is 0.0463 e. The van der Waals surface area contributed by atoms with Crippen LogP contribution in [0.25, 0.3) is 0 Å². The molecule has 0 aromatic carbocycles. The Balaban J connectivity index is 1.53. The van der Waals surface area contributed by atoms with Crippen LogP contribution < -0.4 is 0 Å². The van der Waals surface area contributed by atoms with E-state index in [1.807, 2.05) is 0 Å². The molecule has 4 atom stereocenters. The van der Waals surface area contributed by atoms with E-state index in [-0.39, 0.29) is 9.75 Å². The van der Waals surface area contributed by atoms with Gasteiger partial charge in [-0.05, 0) is 110 Å². The van der Waals surface area contributed by atoms with Crippen LogP contribution in [0.5, 0.6) is 0 Å². The van der Waals surface area contributed by atoms with E-state index in [2.05, 4.69) is 27.7 Å². The van der Waals surface area contributed by atoms with Crippen LogP contribution in [0.3, 0.4) is 0 Å². The highest BCUT2D eigenvalue weighted by Crippen LogP contribution is 2.85. The van der Waals surface area contributed by atoms with Gasteiger partial charge in [-0.25, -0.2) is 0 Å². The summed E-state index contributed by atoms with van der Waals surface area (Å²) in [6.45, 7) is 9.92. The summed E-state index contributed by atoms with van der Waals surface area (Å²) in [5, 5.41) is 0. The van der Waals surface area contributed by atoms with Crippen molar-refractivity contribution in [3.8, 4) is 0 Å². The molecule has 30 heavy (non-hydrogen) atoms. The minimum Gasteiger partial charge on any atom is -0.119 e. The standard InChI is InChI=1S/C28H44Cl2/c1-5-21-9-22(6-2)12-25(11-21,19-27(29,15-21)16-22)26-13-23(7-3)10-24(8-4,14-26)18-28(30,17-23)20-26/h5-20H2,1-4H3. The molecule has 0 spiro atoms. The van der Waals surface area contributed by atoms with Gasteiger partial charge in [0.2, 0.25) is 0 Å². The predicted octanol–water partition coefficient (Wildman–Crippen LogP) is 9.26. The highest BCUT2D eigenvalue weighted by Gasteiger charge is 2.77. The Morgan fingerprint density at radius 1 is 0.400 bits per heavy atom. The average molecular weight is 452 g/mol. The van der Waals surface area contributed by atoms with Crippen LogP contribution in [-0.2, 0) is 0 Å². The molecule has 0 saturated heterocycles. The molecule has 8 fully saturated rings. The van der Waals surface area contributed by atoms with E-state index in [0.29, 0.717) is 32.5 Å². The first-order valence-corrected chi connectivity index (χ1v) is 14.1. The maximum atomic E-state index is 7.64. The summed E-state index contributed by atoms with van der Waals surface area (Å²) in [4.78, 5) is 0.144. The van der Waals surface area contributed by atoms with Gasteiger partial charge in [0, 0.05) is 9.75 Å². The van der Waals surface area contributed by atoms with Gasteiger partial charge in [-0.1, -0.05) is 53.4 Å². The summed E-state index contributed by atoms with van der Waals surface area (Å²) >= 11 is 15.3. The lowest BCUT2D eigenvalue weighted by atomic mass is 9.27. The van der Waals surface area contributed by atoms with Crippen molar-refractivity contribution in [2.75, 3.05) is 0 Å². The number of hydrogen-bond donors (Lipinski definition) is 0. The average Bonchev–Trinajstić information content (AvgIpc) is 2.64. The Labute approximate surface area is 195 Å². The van der Waals surface area contributed by atoms with Crippen LogP contribution in [0, 0.1) is 32.5 Å². The summed E-state index contributed by atoms with van der Waals surface area (Å²) in [6.07, 6.45) is 21.9. The number of rotatable bonds is 5.